The van der Waals surface area contributed by atoms with E-state index in [0.29, 0.717) is 6.54 Å². The Hall–Kier alpha value is -1.76. The van der Waals surface area contributed by atoms with Crippen molar-refractivity contribution in [3.8, 4) is 0 Å². The topological polar surface area (TPSA) is 74.8 Å². The third-order valence-electron chi connectivity index (χ3n) is 3.53. The summed E-state index contributed by atoms with van der Waals surface area (Å²) < 4.78 is 0.772. The molecule has 1 saturated carbocycles. The molecule has 1 amide bonds. The molecule has 1 N–H and O–H groups in total. The lowest BCUT2D eigenvalue weighted by Gasteiger charge is -2.37. The number of amides is 1. The van der Waals surface area contributed by atoms with Gasteiger partial charge in [-0.05, 0) is 52.9 Å². The van der Waals surface area contributed by atoms with Crippen LogP contribution in [0.1, 0.15) is 35.4 Å². The summed E-state index contributed by atoms with van der Waals surface area (Å²) in [6, 6.07) is 4.13. The van der Waals surface area contributed by atoms with E-state index in [1.54, 1.807) is 6.20 Å². The average Bonchev–Trinajstić information content (AvgIpc) is 2.89. The summed E-state index contributed by atoms with van der Waals surface area (Å²) in [5.41, 5.74) is 1.04. The zero-order valence-electron chi connectivity index (χ0n) is 10.8. The molecule has 2 aromatic heterocycles. The predicted octanol–water partition coefficient (Wildman–Crippen LogP) is 2.16. The molecule has 0 atom stereocenters. The summed E-state index contributed by atoms with van der Waals surface area (Å²) >= 11 is 3.35. The SMILES string of the molecule is O=C(c1nc[nH]n1)N(Cc1ccnc(Br)c1)C1CCC1. The Morgan fingerprint density at radius 3 is 2.90 bits per heavy atom. The summed E-state index contributed by atoms with van der Waals surface area (Å²) in [6.07, 6.45) is 6.41. The molecular weight excluding hydrogens is 322 g/mol. The van der Waals surface area contributed by atoms with Crippen molar-refractivity contribution in [1.82, 2.24) is 25.1 Å². The molecule has 0 bridgehead atoms. The molecular formula is C13H14BrN5O. The van der Waals surface area contributed by atoms with E-state index in [2.05, 4.69) is 36.1 Å². The Labute approximate surface area is 124 Å². The van der Waals surface area contributed by atoms with E-state index in [9.17, 15) is 4.79 Å². The molecule has 1 aliphatic rings. The van der Waals surface area contributed by atoms with Crippen LogP contribution < -0.4 is 0 Å². The lowest BCUT2D eigenvalue weighted by atomic mass is 9.91. The number of aromatic nitrogens is 4. The van der Waals surface area contributed by atoms with Gasteiger partial charge in [0.05, 0.1) is 0 Å². The van der Waals surface area contributed by atoms with Crippen molar-refractivity contribution in [3.05, 3.63) is 40.6 Å². The van der Waals surface area contributed by atoms with Crippen LogP contribution in [0.2, 0.25) is 0 Å². The predicted molar refractivity (Wildman–Crippen MR) is 75.8 cm³/mol. The number of aromatic amines is 1. The van der Waals surface area contributed by atoms with Crippen molar-refractivity contribution in [3.63, 3.8) is 0 Å². The highest BCUT2D eigenvalue weighted by Crippen LogP contribution is 2.27. The maximum absolute atomic E-state index is 12.5. The molecule has 104 valence electrons. The first kappa shape index (κ1) is 13.2. The van der Waals surface area contributed by atoms with Crippen LogP contribution >= 0.6 is 15.9 Å². The number of nitrogens with one attached hydrogen (secondary N) is 1. The lowest BCUT2D eigenvalue weighted by Crippen LogP contribution is -2.44. The Balaban J connectivity index is 1.81. The molecule has 0 aliphatic heterocycles. The van der Waals surface area contributed by atoms with Crippen LogP contribution in [0.3, 0.4) is 0 Å². The van der Waals surface area contributed by atoms with Crippen molar-refractivity contribution < 1.29 is 4.79 Å². The number of H-pyrrole nitrogens is 1. The van der Waals surface area contributed by atoms with Crippen LogP contribution in [-0.4, -0.2) is 37.0 Å². The number of nitrogens with zero attached hydrogens (tertiary/aromatic N) is 4. The van der Waals surface area contributed by atoms with Crippen molar-refractivity contribution >= 4 is 21.8 Å². The summed E-state index contributed by atoms with van der Waals surface area (Å²) in [7, 11) is 0. The summed E-state index contributed by atoms with van der Waals surface area (Å²) in [4.78, 5) is 22.4. The van der Waals surface area contributed by atoms with Gasteiger partial charge in [0.25, 0.3) is 5.91 Å². The standard InChI is InChI=1S/C13H14BrN5O/c14-11-6-9(4-5-15-11)7-19(10-2-1-3-10)13(20)12-16-8-17-18-12/h4-6,8,10H,1-3,7H2,(H,16,17,18). The van der Waals surface area contributed by atoms with Crippen molar-refractivity contribution in [2.45, 2.75) is 31.8 Å². The Morgan fingerprint density at radius 1 is 1.45 bits per heavy atom. The van der Waals surface area contributed by atoms with E-state index in [0.717, 1.165) is 23.0 Å². The first-order valence-electron chi connectivity index (χ1n) is 6.51. The van der Waals surface area contributed by atoms with E-state index in [1.165, 1.54) is 12.7 Å². The minimum Gasteiger partial charge on any atom is -0.329 e. The van der Waals surface area contributed by atoms with Crippen LogP contribution in [0.25, 0.3) is 0 Å². The molecule has 0 aromatic carbocycles. The number of halogens is 1. The number of hydrogen-bond acceptors (Lipinski definition) is 4. The monoisotopic (exact) mass is 335 g/mol. The van der Waals surface area contributed by atoms with E-state index in [4.69, 9.17) is 0 Å². The minimum absolute atomic E-state index is 0.121. The van der Waals surface area contributed by atoms with Gasteiger partial charge >= 0.3 is 0 Å². The Morgan fingerprint density at radius 2 is 2.30 bits per heavy atom. The van der Waals surface area contributed by atoms with Gasteiger partial charge in [0, 0.05) is 18.8 Å². The van der Waals surface area contributed by atoms with Gasteiger partial charge in [-0.1, -0.05) is 0 Å². The molecule has 0 saturated heterocycles. The average molecular weight is 336 g/mol. The molecule has 2 aromatic rings. The fourth-order valence-electron chi connectivity index (χ4n) is 2.24. The highest BCUT2D eigenvalue weighted by Gasteiger charge is 2.31. The van der Waals surface area contributed by atoms with Crippen molar-refractivity contribution in [1.29, 1.82) is 0 Å². The number of rotatable bonds is 4. The van der Waals surface area contributed by atoms with Crippen molar-refractivity contribution in [2.75, 3.05) is 0 Å². The van der Waals surface area contributed by atoms with Crippen LogP contribution in [0, 0.1) is 0 Å². The minimum atomic E-state index is -0.121. The lowest BCUT2D eigenvalue weighted by molar-refractivity contribution is 0.0544. The van der Waals surface area contributed by atoms with Gasteiger partial charge in [0.1, 0.15) is 10.9 Å². The smallest absolute Gasteiger partial charge is 0.294 e. The zero-order valence-corrected chi connectivity index (χ0v) is 12.4. The van der Waals surface area contributed by atoms with Crippen LogP contribution in [0.15, 0.2) is 29.3 Å². The van der Waals surface area contributed by atoms with Gasteiger partial charge in [0.2, 0.25) is 5.82 Å². The van der Waals surface area contributed by atoms with Gasteiger partial charge in [0.15, 0.2) is 0 Å². The fraction of sp³-hybridized carbons (Fsp3) is 0.385. The maximum atomic E-state index is 12.5. The van der Waals surface area contributed by atoms with Gasteiger partial charge < -0.3 is 4.90 Å². The molecule has 6 nitrogen and oxygen atoms in total. The molecule has 20 heavy (non-hydrogen) atoms. The molecule has 2 heterocycles. The highest BCUT2D eigenvalue weighted by atomic mass is 79.9. The third kappa shape index (κ3) is 2.72. The molecule has 1 fully saturated rings. The molecule has 1 aliphatic carbocycles. The largest absolute Gasteiger partial charge is 0.329 e. The second kappa shape index (κ2) is 5.70. The molecule has 0 radical (unpaired) electrons. The highest BCUT2D eigenvalue weighted by molar-refractivity contribution is 9.10. The Bertz CT molecular complexity index is 597. The third-order valence-corrected chi connectivity index (χ3v) is 3.96. The second-order valence-electron chi connectivity index (χ2n) is 4.83. The first-order chi connectivity index (χ1) is 9.74. The summed E-state index contributed by atoms with van der Waals surface area (Å²) in [5, 5.41) is 6.48. The maximum Gasteiger partial charge on any atom is 0.294 e. The number of pyridine rings is 1. The van der Waals surface area contributed by atoms with Crippen LogP contribution in [0.5, 0.6) is 0 Å². The Kier molecular flexibility index (Phi) is 3.77. The molecule has 3 rings (SSSR count). The quantitative estimate of drug-likeness (QED) is 0.868. The zero-order chi connectivity index (χ0) is 13.9. The van der Waals surface area contributed by atoms with Gasteiger partial charge in [-0.15, -0.1) is 5.10 Å². The van der Waals surface area contributed by atoms with E-state index in [-0.39, 0.29) is 17.8 Å². The van der Waals surface area contributed by atoms with Gasteiger partial charge in [-0.3, -0.25) is 9.89 Å². The molecule has 0 spiro atoms. The second-order valence-corrected chi connectivity index (χ2v) is 5.64. The van der Waals surface area contributed by atoms with Gasteiger partial charge in [-0.2, -0.15) is 0 Å². The van der Waals surface area contributed by atoms with E-state index in [1.807, 2.05) is 17.0 Å². The normalized spacial score (nSPS) is 14.8. The van der Waals surface area contributed by atoms with Gasteiger partial charge in [-0.25, -0.2) is 9.97 Å². The number of hydrogen-bond donors (Lipinski definition) is 1. The van der Waals surface area contributed by atoms with Crippen LogP contribution in [-0.2, 0) is 6.54 Å². The molecule has 0 unspecified atom stereocenters. The molecule has 7 heteroatoms. The number of carbonyl (C=O) groups is 1. The fourth-order valence-corrected chi connectivity index (χ4v) is 2.66. The van der Waals surface area contributed by atoms with Crippen molar-refractivity contribution in [2.24, 2.45) is 0 Å². The van der Waals surface area contributed by atoms with E-state index >= 15 is 0 Å². The summed E-state index contributed by atoms with van der Waals surface area (Å²) in [6.45, 7) is 0.555. The van der Waals surface area contributed by atoms with E-state index < -0.39 is 0 Å². The summed E-state index contributed by atoms with van der Waals surface area (Å²) in [5.74, 6) is 0.105. The first-order valence-corrected chi connectivity index (χ1v) is 7.30. The number of carbonyl (C=O) groups excluding carboxylic acids is 1. The van der Waals surface area contributed by atoms with Crippen LogP contribution in [0.4, 0.5) is 0 Å².